The normalized spacial score (nSPS) is 20.6. The second kappa shape index (κ2) is 3.61. The number of aromatic nitrogens is 2. The van der Waals surface area contributed by atoms with Crippen LogP contribution in [0.15, 0.2) is 12.4 Å². The first kappa shape index (κ1) is 10.6. The molecule has 0 aromatic carbocycles. The lowest BCUT2D eigenvalue weighted by atomic mass is 9.83. The summed E-state index contributed by atoms with van der Waals surface area (Å²) in [5.41, 5.74) is 0.741. The van der Waals surface area contributed by atoms with E-state index in [0.29, 0.717) is 5.92 Å². The monoisotopic (exact) mass is 209 g/mol. The summed E-state index contributed by atoms with van der Waals surface area (Å²) in [4.78, 5) is 2.25. The molecule has 1 aromatic rings. The Bertz CT molecular complexity index is 339. The van der Waals surface area contributed by atoms with E-state index >= 15 is 0 Å². The van der Waals surface area contributed by atoms with E-state index in [2.05, 4.69) is 23.8 Å². The molecule has 1 N–H and O–H groups in total. The van der Waals surface area contributed by atoms with Gasteiger partial charge in [-0.05, 0) is 5.92 Å². The second-order valence-corrected chi connectivity index (χ2v) is 4.93. The lowest BCUT2D eigenvalue weighted by Gasteiger charge is -2.49. The molecular formula is C11H19N3O. The number of nitrogens with zero attached hydrogens (tertiary/aromatic N) is 3. The van der Waals surface area contributed by atoms with Gasteiger partial charge in [0.2, 0.25) is 0 Å². The highest BCUT2D eigenvalue weighted by atomic mass is 16.3. The Morgan fingerprint density at radius 2 is 2.20 bits per heavy atom. The predicted octanol–water partition coefficient (Wildman–Crippen LogP) is 0.623. The molecule has 0 atom stereocenters. The molecule has 0 unspecified atom stereocenters. The topological polar surface area (TPSA) is 41.3 Å². The van der Waals surface area contributed by atoms with Crippen LogP contribution in [-0.4, -0.2) is 38.5 Å². The van der Waals surface area contributed by atoms with E-state index in [4.69, 9.17) is 0 Å². The Morgan fingerprint density at radius 1 is 1.53 bits per heavy atom. The van der Waals surface area contributed by atoms with E-state index in [1.807, 2.05) is 24.1 Å². The van der Waals surface area contributed by atoms with Crippen molar-refractivity contribution >= 4 is 0 Å². The van der Waals surface area contributed by atoms with Crippen molar-refractivity contribution in [2.75, 3.05) is 13.1 Å². The van der Waals surface area contributed by atoms with Gasteiger partial charge < -0.3 is 5.11 Å². The molecule has 15 heavy (non-hydrogen) atoms. The van der Waals surface area contributed by atoms with Crippen LogP contribution in [0.3, 0.4) is 0 Å². The van der Waals surface area contributed by atoms with Gasteiger partial charge >= 0.3 is 0 Å². The van der Waals surface area contributed by atoms with E-state index in [0.717, 1.165) is 19.6 Å². The Kier molecular flexibility index (Phi) is 2.56. The third-order valence-corrected chi connectivity index (χ3v) is 3.23. The summed E-state index contributed by atoms with van der Waals surface area (Å²) < 4.78 is 1.81. The summed E-state index contributed by atoms with van der Waals surface area (Å²) in [6.07, 6.45) is 3.90. The standard InChI is InChI=1S/C11H19N3O/c1-9(2)11(15)7-14(8-11)6-10-4-12-13(3)5-10/h4-5,9,15H,6-8H2,1-3H3. The molecule has 0 radical (unpaired) electrons. The lowest BCUT2D eigenvalue weighted by molar-refractivity contribution is -0.130. The predicted molar refractivity (Wildman–Crippen MR) is 58.3 cm³/mol. The van der Waals surface area contributed by atoms with E-state index in [1.165, 1.54) is 5.56 Å². The van der Waals surface area contributed by atoms with Crippen LogP contribution in [0.4, 0.5) is 0 Å². The third kappa shape index (κ3) is 2.06. The van der Waals surface area contributed by atoms with E-state index in [1.54, 1.807) is 0 Å². The highest BCUT2D eigenvalue weighted by molar-refractivity contribution is 5.07. The maximum absolute atomic E-state index is 10.1. The highest BCUT2D eigenvalue weighted by Crippen LogP contribution is 2.29. The molecule has 2 heterocycles. The molecule has 1 saturated heterocycles. The van der Waals surface area contributed by atoms with Crippen LogP contribution in [0, 0.1) is 5.92 Å². The summed E-state index contributed by atoms with van der Waals surface area (Å²) in [5.74, 6) is 0.336. The van der Waals surface area contributed by atoms with E-state index < -0.39 is 5.60 Å². The minimum Gasteiger partial charge on any atom is -0.387 e. The zero-order valence-electron chi connectivity index (χ0n) is 9.64. The van der Waals surface area contributed by atoms with Crippen LogP contribution in [0.2, 0.25) is 0 Å². The van der Waals surface area contributed by atoms with Gasteiger partial charge in [-0.25, -0.2) is 0 Å². The van der Waals surface area contributed by atoms with Crippen molar-refractivity contribution in [3.63, 3.8) is 0 Å². The first-order valence-corrected chi connectivity index (χ1v) is 5.42. The van der Waals surface area contributed by atoms with Gasteiger partial charge in [0, 0.05) is 38.4 Å². The maximum Gasteiger partial charge on any atom is 0.0923 e. The molecule has 0 saturated carbocycles. The van der Waals surface area contributed by atoms with Crippen LogP contribution in [0.5, 0.6) is 0 Å². The number of β-amino-alcohol motifs (C(OH)–C–C–N with tert-alkyl or cyclic N) is 1. The van der Waals surface area contributed by atoms with Crippen LogP contribution in [0.25, 0.3) is 0 Å². The smallest absolute Gasteiger partial charge is 0.0923 e. The van der Waals surface area contributed by atoms with E-state index in [9.17, 15) is 5.11 Å². The van der Waals surface area contributed by atoms with Crippen LogP contribution in [0.1, 0.15) is 19.4 Å². The molecule has 1 aromatic heterocycles. The fourth-order valence-electron chi connectivity index (χ4n) is 2.02. The van der Waals surface area contributed by atoms with Crippen LogP contribution >= 0.6 is 0 Å². The molecule has 4 heteroatoms. The second-order valence-electron chi connectivity index (χ2n) is 4.93. The zero-order chi connectivity index (χ0) is 11.1. The maximum atomic E-state index is 10.1. The Hall–Kier alpha value is -0.870. The first-order valence-electron chi connectivity index (χ1n) is 5.42. The van der Waals surface area contributed by atoms with Gasteiger partial charge in [0.25, 0.3) is 0 Å². The number of likely N-dealkylation sites (tertiary alicyclic amines) is 1. The quantitative estimate of drug-likeness (QED) is 0.793. The molecule has 1 fully saturated rings. The van der Waals surface area contributed by atoms with Crippen molar-refractivity contribution < 1.29 is 5.11 Å². The Balaban J connectivity index is 1.86. The van der Waals surface area contributed by atoms with Crippen molar-refractivity contribution in [1.29, 1.82) is 0 Å². The van der Waals surface area contributed by atoms with Crippen LogP contribution < -0.4 is 0 Å². The van der Waals surface area contributed by atoms with Crippen molar-refractivity contribution in [2.24, 2.45) is 13.0 Å². The summed E-state index contributed by atoms with van der Waals surface area (Å²) in [6, 6.07) is 0. The Labute approximate surface area is 90.5 Å². The molecule has 0 amide bonds. The van der Waals surface area contributed by atoms with Gasteiger partial charge in [0.1, 0.15) is 0 Å². The molecule has 0 aliphatic carbocycles. The van der Waals surface area contributed by atoms with E-state index in [-0.39, 0.29) is 0 Å². The van der Waals surface area contributed by atoms with Crippen LogP contribution in [-0.2, 0) is 13.6 Å². The van der Waals surface area contributed by atoms with Gasteiger partial charge in [0.05, 0.1) is 11.8 Å². The SMILES string of the molecule is CC(C)C1(O)CN(Cc2cnn(C)c2)C1. The molecule has 4 nitrogen and oxygen atoms in total. The fraction of sp³-hybridized carbons (Fsp3) is 0.727. The molecule has 1 aliphatic heterocycles. The largest absolute Gasteiger partial charge is 0.387 e. The highest BCUT2D eigenvalue weighted by Gasteiger charge is 2.43. The van der Waals surface area contributed by atoms with Gasteiger partial charge in [-0.15, -0.1) is 0 Å². The number of aryl methyl sites for hydroxylation is 1. The molecule has 2 rings (SSSR count). The number of hydrogen-bond donors (Lipinski definition) is 1. The van der Waals surface area contributed by atoms with Crippen molar-refractivity contribution in [3.05, 3.63) is 18.0 Å². The molecule has 0 spiro atoms. The summed E-state index contributed by atoms with van der Waals surface area (Å²) in [5, 5.41) is 14.2. The van der Waals surface area contributed by atoms with Crippen molar-refractivity contribution in [1.82, 2.24) is 14.7 Å². The minimum atomic E-state index is -0.470. The summed E-state index contributed by atoms with van der Waals surface area (Å²) in [7, 11) is 1.92. The lowest BCUT2D eigenvalue weighted by Crippen LogP contribution is -2.63. The van der Waals surface area contributed by atoms with Gasteiger partial charge in [0.15, 0.2) is 0 Å². The van der Waals surface area contributed by atoms with Gasteiger partial charge in [-0.2, -0.15) is 5.10 Å². The minimum absolute atomic E-state index is 0.336. The van der Waals surface area contributed by atoms with Gasteiger partial charge in [-0.3, -0.25) is 9.58 Å². The zero-order valence-corrected chi connectivity index (χ0v) is 9.64. The molecule has 0 bridgehead atoms. The summed E-state index contributed by atoms with van der Waals surface area (Å²) >= 11 is 0. The average Bonchev–Trinajstić information content (AvgIpc) is 2.48. The number of rotatable bonds is 3. The fourth-order valence-corrected chi connectivity index (χ4v) is 2.02. The number of aliphatic hydroxyl groups is 1. The Morgan fingerprint density at radius 3 is 2.67 bits per heavy atom. The summed E-state index contributed by atoms with van der Waals surface area (Å²) in [6.45, 7) is 6.59. The van der Waals surface area contributed by atoms with Gasteiger partial charge in [-0.1, -0.05) is 13.8 Å². The molecular weight excluding hydrogens is 190 g/mol. The average molecular weight is 209 g/mol. The third-order valence-electron chi connectivity index (χ3n) is 3.23. The van der Waals surface area contributed by atoms with Crippen molar-refractivity contribution in [2.45, 2.75) is 26.0 Å². The molecule has 1 aliphatic rings. The van der Waals surface area contributed by atoms with Crippen molar-refractivity contribution in [3.8, 4) is 0 Å². The number of hydrogen-bond acceptors (Lipinski definition) is 3. The molecule has 84 valence electrons. The first-order chi connectivity index (χ1) is 6.99.